The molecule has 0 amide bonds. The number of hydrogen-bond donors (Lipinski definition) is 0. The Morgan fingerprint density at radius 1 is 0.529 bits per heavy atom. The van der Waals surface area contributed by atoms with Gasteiger partial charge in [-0.15, -0.1) is 6.07 Å². The van der Waals surface area contributed by atoms with E-state index in [-0.39, 0.29) is 42.4 Å². The Kier molecular flexibility index (Phi) is 19.9. The molecule has 16 heteroatoms. The second-order valence-electron chi connectivity index (χ2n) is 9.95. The maximum Gasteiger partial charge on any atom is 2.00 e. The molecule has 5 aromatic rings. The summed E-state index contributed by atoms with van der Waals surface area (Å²) in [4.78, 5) is 0. The van der Waals surface area contributed by atoms with Crippen molar-refractivity contribution < 1.29 is 74.6 Å². The second-order valence-corrected chi connectivity index (χ2v) is 16.0. The average Bonchev–Trinajstić information content (AvgIpc) is 3.09. The van der Waals surface area contributed by atoms with Gasteiger partial charge in [0.1, 0.15) is 0 Å². The van der Waals surface area contributed by atoms with E-state index in [9.17, 15) is 35.1 Å². The zero-order chi connectivity index (χ0) is 36.0. The van der Waals surface area contributed by atoms with Gasteiger partial charge in [-0.3, -0.25) is 8.78 Å². The quantitative estimate of drug-likeness (QED) is 0.0225. The molecule has 0 spiro atoms. The monoisotopic (exact) mass is 955 g/mol. The maximum atomic E-state index is 12.0. The molecule has 0 saturated carbocycles. The summed E-state index contributed by atoms with van der Waals surface area (Å²) in [7, 11) is -6.66. The molecule has 5 rings (SSSR count). The number of benzene rings is 5. The second kappa shape index (κ2) is 22.1. The number of unbranched alkanes of at least 4 members (excludes halogenated alkanes) is 1. The minimum absolute atomic E-state index is 0. The van der Waals surface area contributed by atoms with Gasteiger partial charge in [0.25, 0.3) is 0 Å². The molecule has 0 heterocycles. The third-order valence-corrected chi connectivity index (χ3v) is 12.3. The Morgan fingerprint density at radius 3 is 0.980 bits per heavy atom. The molecule has 51 heavy (non-hydrogen) atoms. The fourth-order valence-corrected chi connectivity index (χ4v) is 9.12. The predicted molar refractivity (Wildman–Crippen MR) is 182 cm³/mol. The largest absolute Gasteiger partial charge is 2.00 e. The molecule has 0 saturated heterocycles. The standard InChI is InChI=1S/C28H28P2.C6F5.CHF3O3S.H2O.Pt/c1-5-15-25(16-6-1)29(26-17-7-2-8-18-26)23-13-14-24-30(27-19-9-3-10-20-27)28-21-11-4-12-22-28;7-2-1-3(8)5(10)6(11)4(2)9;2-1(3,4)8(5,6)7;;/h1-12,15-22H,13-14,23-24H2;;(H,5,6,7);1H2;/q;-1;;;+2/p-1. The summed E-state index contributed by atoms with van der Waals surface area (Å²) in [6.07, 6.45) is 5.06. The average molecular weight is 956 g/mol. The summed E-state index contributed by atoms with van der Waals surface area (Å²) < 4.78 is 119. The van der Waals surface area contributed by atoms with Crippen LogP contribution in [0.3, 0.4) is 0 Å². The van der Waals surface area contributed by atoms with Crippen LogP contribution in [0.5, 0.6) is 0 Å². The molecule has 0 aliphatic carbocycles. The van der Waals surface area contributed by atoms with E-state index in [1.165, 1.54) is 46.4 Å². The molecule has 0 bridgehead atoms. The van der Waals surface area contributed by atoms with Gasteiger partial charge in [-0.2, -0.15) is 13.2 Å². The first-order chi connectivity index (χ1) is 23.2. The Morgan fingerprint density at radius 2 is 0.765 bits per heavy atom. The molecule has 0 radical (unpaired) electrons. The number of alkyl halides is 3. The van der Waals surface area contributed by atoms with Gasteiger partial charge >= 0.3 is 26.6 Å². The molecule has 276 valence electrons. The van der Waals surface area contributed by atoms with Crippen LogP contribution in [0.4, 0.5) is 35.1 Å². The van der Waals surface area contributed by atoms with Crippen molar-refractivity contribution in [3.8, 4) is 0 Å². The van der Waals surface area contributed by atoms with Crippen molar-refractivity contribution in [3.05, 3.63) is 156 Å². The Labute approximate surface area is 307 Å². The first kappa shape index (κ1) is 46.0. The van der Waals surface area contributed by atoms with Gasteiger partial charge in [0.2, 0.25) is 0 Å². The number of rotatable bonds is 9. The van der Waals surface area contributed by atoms with Gasteiger partial charge in [0.05, 0.1) is 29.1 Å². The summed E-state index contributed by atoms with van der Waals surface area (Å²) in [6, 6.07) is 45.4. The fraction of sp³-hybridized carbons (Fsp3) is 0.143. The van der Waals surface area contributed by atoms with E-state index in [1.54, 1.807) is 0 Å². The third-order valence-electron chi connectivity index (χ3n) is 6.56. The molecule has 2 N–H and O–H groups in total. The first-order valence-corrected chi connectivity index (χ1v) is 18.8. The molecule has 0 aromatic heterocycles. The van der Waals surface area contributed by atoms with Crippen LogP contribution in [0.15, 0.2) is 121 Å². The van der Waals surface area contributed by atoms with E-state index in [2.05, 4.69) is 121 Å². The molecular weight excluding hydrogens is 925 g/mol. The van der Waals surface area contributed by atoms with Crippen molar-refractivity contribution in [2.45, 2.75) is 18.3 Å². The smallest absolute Gasteiger partial charge is 0.741 e. The van der Waals surface area contributed by atoms with E-state index in [0.29, 0.717) is 0 Å². The molecular formula is C35H30F8O4P2PtS. The van der Waals surface area contributed by atoms with Gasteiger partial charge < -0.3 is 10.0 Å². The zero-order valence-electron chi connectivity index (χ0n) is 26.2. The minimum atomic E-state index is -6.09. The van der Waals surface area contributed by atoms with E-state index >= 15 is 0 Å². The minimum Gasteiger partial charge on any atom is -0.741 e. The van der Waals surface area contributed by atoms with Gasteiger partial charge in [-0.25, -0.2) is 21.6 Å². The Hall–Kier alpha value is -3.04. The van der Waals surface area contributed by atoms with Crippen molar-refractivity contribution in [3.63, 3.8) is 0 Å². The van der Waals surface area contributed by atoms with Crippen molar-refractivity contribution in [1.29, 1.82) is 0 Å². The molecule has 5 aromatic carbocycles. The molecule has 0 aliphatic rings. The molecule has 0 aliphatic heterocycles. The summed E-state index contributed by atoms with van der Waals surface area (Å²) in [5.74, 6) is -10.0. The van der Waals surface area contributed by atoms with Gasteiger partial charge in [0.15, 0.2) is 10.1 Å². The van der Waals surface area contributed by atoms with Crippen LogP contribution in [-0.4, -0.2) is 36.3 Å². The van der Waals surface area contributed by atoms with Gasteiger partial charge in [-0.1, -0.05) is 121 Å². The summed E-state index contributed by atoms with van der Waals surface area (Å²) >= 11 is 0. The topological polar surface area (TPSA) is 88.7 Å². The maximum absolute atomic E-state index is 12.0. The molecule has 0 unspecified atom stereocenters. The van der Waals surface area contributed by atoms with E-state index in [0.717, 1.165) is 6.07 Å². The number of hydrogen-bond acceptors (Lipinski definition) is 3. The van der Waals surface area contributed by atoms with Crippen LogP contribution in [-0.2, 0) is 31.2 Å². The van der Waals surface area contributed by atoms with E-state index in [1.807, 2.05) is 0 Å². The van der Waals surface area contributed by atoms with Crippen LogP contribution in [0, 0.1) is 35.2 Å². The molecule has 0 atom stereocenters. The first-order valence-electron chi connectivity index (χ1n) is 14.4. The zero-order valence-corrected chi connectivity index (χ0v) is 31.1. The van der Waals surface area contributed by atoms with E-state index < -0.39 is 44.7 Å². The predicted octanol–water partition coefficient (Wildman–Crippen LogP) is 7.44. The normalized spacial score (nSPS) is 11.0. The van der Waals surface area contributed by atoms with Crippen molar-refractivity contribution in [2.24, 2.45) is 0 Å². The van der Waals surface area contributed by atoms with Gasteiger partial charge in [-0.05, 0) is 62.2 Å². The number of halogens is 8. The third kappa shape index (κ3) is 14.5. The summed E-state index contributed by atoms with van der Waals surface area (Å²) in [6.45, 7) is 0. The molecule has 0 fully saturated rings. The van der Waals surface area contributed by atoms with Crippen LogP contribution in [0.2, 0.25) is 0 Å². The molecule has 4 nitrogen and oxygen atoms in total. The van der Waals surface area contributed by atoms with Crippen molar-refractivity contribution in [1.82, 2.24) is 0 Å². The van der Waals surface area contributed by atoms with Crippen molar-refractivity contribution in [2.75, 3.05) is 12.3 Å². The fourth-order valence-electron chi connectivity index (χ4n) is 4.28. The van der Waals surface area contributed by atoms with Gasteiger partial charge in [0, 0.05) is 0 Å². The van der Waals surface area contributed by atoms with Crippen LogP contribution < -0.4 is 21.2 Å². The van der Waals surface area contributed by atoms with Crippen LogP contribution >= 0.6 is 15.8 Å². The Bertz CT molecular complexity index is 1650. The summed E-state index contributed by atoms with van der Waals surface area (Å²) in [5.41, 5.74) is -5.65. The Balaban J connectivity index is 0.000000512. The summed E-state index contributed by atoms with van der Waals surface area (Å²) in [5, 5.41) is 5.97. The van der Waals surface area contributed by atoms with Crippen LogP contribution in [0.25, 0.3) is 0 Å². The van der Waals surface area contributed by atoms with Crippen LogP contribution in [0.1, 0.15) is 12.8 Å². The van der Waals surface area contributed by atoms with Crippen molar-refractivity contribution >= 4 is 47.2 Å². The van der Waals surface area contributed by atoms with E-state index in [4.69, 9.17) is 13.0 Å². The SMILES string of the molecule is Fc1[c-]c(F)c(F)c(F)c1F.O.O=S(=O)([O-])C(F)(F)F.[Pt+2].c1ccc(P(CCCCP(c2ccccc2)c2ccccc2)c2ccccc2)cc1.